The van der Waals surface area contributed by atoms with E-state index in [0.29, 0.717) is 12.6 Å². The van der Waals surface area contributed by atoms with E-state index >= 15 is 0 Å². The summed E-state index contributed by atoms with van der Waals surface area (Å²) < 4.78 is 0. The summed E-state index contributed by atoms with van der Waals surface area (Å²) in [6, 6.07) is 4.86. The van der Waals surface area contributed by atoms with E-state index in [9.17, 15) is 5.11 Å². The van der Waals surface area contributed by atoms with Crippen LogP contribution in [0.5, 0.6) is 0 Å². The van der Waals surface area contributed by atoms with Crippen molar-refractivity contribution in [2.75, 3.05) is 20.7 Å². The van der Waals surface area contributed by atoms with Crippen LogP contribution in [0.15, 0.2) is 12.1 Å². The van der Waals surface area contributed by atoms with E-state index < -0.39 is 0 Å². The molecule has 2 rings (SSSR count). The van der Waals surface area contributed by atoms with Crippen LogP contribution in [0.1, 0.15) is 47.6 Å². The number of hydrogen-bond donors (Lipinski definition) is 1. The molecule has 0 saturated heterocycles. The molecule has 1 unspecified atom stereocenters. The molecule has 0 heterocycles. The molecule has 2 nitrogen and oxygen atoms in total. The van der Waals surface area contributed by atoms with Crippen LogP contribution in [0.2, 0.25) is 0 Å². The summed E-state index contributed by atoms with van der Waals surface area (Å²) in [4.78, 5) is 2.29. The van der Waals surface area contributed by atoms with Gasteiger partial charge in [0, 0.05) is 11.5 Å². The zero-order chi connectivity index (χ0) is 14.2. The Kier molecular flexibility index (Phi) is 4.03. The van der Waals surface area contributed by atoms with Crippen LogP contribution in [0.25, 0.3) is 0 Å². The Balaban J connectivity index is 2.51. The molecule has 1 aromatic rings. The van der Waals surface area contributed by atoms with Crippen LogP contribution >= 0.6 is 0 Å². The summed E-state index contributed by atoms with van der Waals surface area (Å²) in [6.07, 6.45) is 3.52. The van der Waals surface area contributed by atoms with Gasteiger partial charge in [-0.25, -0.2) is 0 Å². The Labute approximate surface area is 117 Å². The number of nitrogens with zero attached hydrogens (tertiary/aromatic N) is 1. The van der Waals surface area contributed by atoms with Crippen LogP contribution < -0.4 is 0 Å². The number of aliphatic hydroxyl groups is 1. The van der Waals surface area contributed by atoms with Crippen LogP contribution in [-0.2, 0) is 0 Å². The molecule has 0 spiro atoms. The fourth-order valence-corrected chi connectivity index (χ4v) is 3.88. The van der Waals surface area contributed by atoms with E-state index in [1.165, 1.54) is 28.7 Å². The Morgan fingerprint density at radius 1 is 1.16 bits per heavy atom. The molecule has 0 bridgehead atoms. The first-order chi connectivity index (χ1) is 8.91. The molecule has 1 aliphatic rings. The van der Waals surface area contributed by atoms with Crippen LogP contribution in [0.4, 0.5) is 0 Å². The molecular weight excluding hydrogens is 234 g/mol. The molecular formula is C17H27NO. The van der Waals surface area contributed by atoms with Gasteiger partial charge in [0.2, 0.25) is 0 Å². The van der Waals surface area contributed by atoms with Crippen molar-refractivity contribution < 1.29 is 5.11 Å². The van der Waals surface area contributed by atoms with Gasteiger partial charge in [0.25, 0.3) is 0 Å². The number of aryl methyl sites for hydroxylation is 3. The van der Waals surface area contributed by atoms with Crippen molar-refractivity contribution in [3.63, 3.8) is 0 Å². The molecule has 1 saturated carbocycles. The van der Waals surface area contributed by atoms with E-state index in [-0.39, 0.29) is 5.41 Å². The molecule has 1 aliphatic carbocycles. The monoisotopic (exact) mass is 261 g/mol. The minimum Gasteiger partial charge on any atom is -0.396 e. The van der Waals surface area contributed by atoms with Gasteiger partial charge in [0.15, 0.2) is 0 Å². The zero-order valence-corrected chi connectivity index (χ0v) is 13.0. The highest BCUT2D eigenvalue weighted by Gasteiger charge is 2.46. The molecule has 1 N–H and O–H groups in total. The molecule has 106 valence electrons. The van der Waals surface area contributed by atoms with Crippen molar-refractivity contribution in [2.45, 2.75) is 46.1 Å². The quantitative estimate of drug-likeness (QED) is 0.898. The number of benzene rings is 1. The van der Waals surface area contributed by atoms with E-state index in [2.05, 4.69) is 51.9 Å². The predicted molar refractivity (Wildman–Crippen MR) is 80.5 cm³/mol. The lowest BCUT2D eigenvalue weighted by molar-refractivity contribution is -0.0313. The topological polar surface area (TPSA) is 23.5 Å². The highest BCUT2D eigenvalue weighted by Crippen LogP contribution is 2.53. The fourth-order valence-electron chi connectivity index (χ4n) is 3.88. The minimum absolute atomic E-state index is 0.0638. The molecule has 2 heteroatoms. The summed E-state index contributed by atoms with van der Waals surface area (Å²) in [7, 11) is 4.28. The van der Waals surface area contributed by atoms with Crippen molar-refractivity contribution in [1.29, 1.82) is 0 Å². The molecule has 19 heavy (non-hydrogen) atoms. The second kappa shape index (κ2) is 5.26. The van der Waals surface area contributed by atoms with Crippen molar-refractivity contribution in [2.24, 2.45) is 5.41 Å². The lowest BCUT2D eigenvalue weighted by atomic mass is 9.61. The van der Waals surface area contributed by atoms with Crippen molar-refractivity contribution in [1.82, 2.24) is 4.90 Å². The summed E-state index contributed by atoms with van der Waals surface area (Å²) >= 11 is 0. The van der Waals surface area contributed by atoms with Gasteiger partial charge in [-0.05, 0) is 64.4 Å². The molecule has 0 aromatic heterocycles. The van der Waals surface area contributed by atoms with Crippen molar-refractivity contribution >= 4 is 0 Å². The summed E-state index contributed by atoms with van der Waals surface area (Å²) in [5.41, 5.74) is 5.52. The summed E-state index contributed by atoms with van der Waals surface area (Å²) in [5.74, 6) is 0. The SMILES string of the molecule is Cc1cc(C)c(C(N(C)C)C2(CO)CCC2)c(C)c1. The Hall–Kier alpha value is -0.860. The zero-order valence-electron chi connectivity index (χ0n) is 13.0. The second-order valence-corrected chi connectivity index (χ2v) is 6.55. The molecule has 1 aromatic carbocycles. The lowest BCUT2D eigenvalue weighted by Crippen LogP contribution is -2.45. The Morgan fingerprint density at radius 2 is 1.68 bits per heavy atom. The molecule has 1 atom stereocenters. The van der Waals surface area contributed by atoms with E-state index in [0.717, 1.165) is 12.8 Å². The van der Waals surface area contributed by atoms with Crippen LogP contribution in [0, 0.1) is 26.2 Å². The molecule has 0 radical (unpaired) electrons. The first-order valence-corrected chi connectivity index (χ1v) is 7.26. The third-order valence-electron chi connectivity index (χ3n) is 4.77. The Bertz CT molecular complexity index is 432. The van der Waals surface area contributed by atoms with Gasteiger partial charge >= 0.3 is 0 Å². The average Bonchev–Trinajstić information content (AvgIpc) is 2.24. The maximum Gasteiger partial charge on any atom is 0.0505 e. The van der Waals surface area contributed by atoms with Gasteiger partial charge in [-0.1, -0.05) is 24.1 Å². The van der Waals surface area contributed by atoms with Gasteiger partial charge in [-0.3, -0.25) is 0 Å². The minimum atomic E-state index is 0.0638. The maximum absolute atomic E-state index is 9.93. The average molecular weight is 261 g/mol. The van der Waals surface area contributed by atoms with Gasteiger partial charge in [0.1, 0.15) is 0 Å². The highest BCUT2D eigenvalue weighted by molar-refractivity contribution is 5.41. The first-order valence-electron chi connectivity index (χ1n) is 7.26. The fraction of sp³-hybridized carbons (Fsp3) is 0.647. The lowest BCUT2D eigenvalue weighted by Gasteiger charge is -2.50. The predicted octanol–water partition coefficient (Wildman–Crippen LogP) is 3.38. The molecule has 1 fully saturated rings. The van der Waals surface area contributed by atoms with Gasteiger partial charge in [0.05, 0.1) is 6.61 Å². The molecule has 0 amide bonds. The third-order valence-corrected chi connectivity index (χ3v) is 4.77. The second-order valence-electron chi connectivity index (χ2n) is 6.55. The van der Waals surface area contributed by atoms with E-state index in [4.69, 9.17) is 0 Å². The summed E-state index contributed by atoms with van der Waals surface area (Å²) in [5, 5.41) is 9.93. The molecule has 0 aliphatic heterocycles. The number of aliphatic hydroxyl groups excluding tert-OH is 1. The summed E-state index contributed by atoms with van der Waals surface area (Å²) in [6.45, 7) is 6.85. The first kappa shape index (κ1) is 14.5. The highest BCUT2D eigenvalue weighted by atomic mass is 16.3. The van der Waals surface area contributed by atoms with E-state index in [1.54, 1.807) is 0 Å². The third kappa shape index (κ3) is 2.44. The standard InChI is InChI=1S/C17H27NO/c1-12-9-13(2)15(14(3)10-12)16(18(4)5)17(11-19)7-6-8-17/h9-10,16,19H,6-8,11H2,1-5H3. The largest absolute Gasteiger partial charge is 0.396 e. The van der Waals surface area contributed by atoms with Crippen molar-refractivity contribution in [3.8, 4) is 0 Å². The van der Waals surface area contributed by atoms with Gasteiger partial charge < -0.3 is 10.0 Å². The van der Waals surface area contributed by atoms with Gasteiger partial charge in [-0.15, -0.1) is 0 Å². The Morgan fingerprint density at radius 3 is 2.00 bits per heavy atom. The smallest absolute Gasteiger partial charge is 0.0505 e. The van der Waals surface area contributed by atoms with E-state index in [1.807, 2.05) is 0 Å². The van der Waals surface area contributed by atoms with Crippen LogP contribution in [-0.4, -0.2) is 30.7 Å². The number of rotatable bonds is 4. The maximum atomic E-state index is 9.93. The normalized spacial score (nSPS) is 19.3. The number of hydrogen-bond acceptors (Lipinski definition) is 2. The van der Waals surface area contributed by atoms with Gasteiger partial charge in [-0.2, -0.15) is 0 Å². The van der Waals surface area contributed by atoms with Crippen molar-refractivity contribution in [3.05, 3.63) is 34.4 Å². The van der Waals surface area contributed by atoms with Crippen LogP contribution in [0.3, 0.4) is 0 Å².